The molecule has 31 heavy (non-hydrogen) atoms. The van der Waals surface area contributed by atoms with Gasteiger partial charge >= 0.3 is 0 Å². The number of allylic oxidation sites excluding steroid dienone is 3. The zero-order valence-corrected chi connectivity index (χ0v) is 18.2. The molecule has 3 aliphatic rings. The van der Waals surface area contributed by atoms with E-state index >= 15 is 0 Å². The van der Waals surface area contributed by atoms with Crippen molar-refractivity contribution in [2.75, 3.05) is 14.2 Å². The monoisotopic (exact) mass is 415 g/mol. The van der Waals surface area contributed by atoms with Crippen molar-refractivity contribution in [2.45, 2.75) is 32.6 Å². The number of hydrogen-bond acceptors (Lipinski definition) is 5. The molecule has 0 unspecified atom stereocenters. The number of methoxy groups -OCH3 is 2. The van der Waals surface area contributed by atoms with Crippen LogP contribution in [-0.4, -0.2) is 25.8 Å². The van der Waals surface area contributed by atoms with Crippen LogP contribution in [0.2, 0.25) is 0 Å². The smallest absolute Gasteiger partial charge is 0.192 e. The lowest BCUT2D eigenvalue weighted by atomic mass is 9.68. The van der Waals surface area contributed by atoms with E-state index in [0.29, 0.717) is 34.6 Å². The van der Waals surface area contributed by atoms with E-state index < -0.39 is 5.92 Å². The van der Waals surface area contributed by atoms with Gasteiger partial charge in [-0.05, 0) is 17.9 Å². The third kappa shape index (κ3) is 2.83. The number of hydrogen-bond donors (Lipinski definition) is 1. The lowest BCUT2D eigenvalue weighted by molar-refractivity contribution is -0.118. The van der Waals surface area contributed by atoms with Crippen molar-refractivity contribution >= 4 is 17.3 Å². The maximum Gasteiger partial charge on any atom is 0.192 e. The molecule has 0 spiro atoms. The molecular formula is C26H25NO4. The van der Waals surface area contributed by atoms with Gasteiger partial charge in [0.25, 0.3) is 0 Å². The van der Waals surface area contributed by atoms with E-state index in [9.17, 15) is 9.59 Å². The Morgan fingerprint density at radius 1 is 0.903 bits per heavy atom. The van der Waals surface area contributed by atoms with Gasteiger partial charge in [0, 0.05) is 45.9 Å². The Morgan fingerprint density at radius 2 is 1.65 bits per heavy atom. The molecule has 1 atom stereocenters. The van der Waals surface area contributed by atoms with E-state index in [1.807, 2.05) is 42.5 Å². The van der Waals surface area contributed by atoms with Gasteiger partial charge in [0.1, 0.15) is 0 Å². The molecule has 0 saturated heterocycles. The van der Waals surface area contributed by atoms with Gasteiger partial charge < -0.3 is 14.8 Å². The standard InChI is InChI=1S/C26H25NO4/c1-26(2)12-17-21(18(28)13-26)20(16-10-7-11-19(30-3)25(16)31-4)22-23(27-17)14-8-5-6-9-15(14)24(22)29/h5-11,20,27H,12-13H2,1-4H3/t20-/m1/s1. The van der Waals surface area contributed by atoms with Crippen molar-refractivity contribution < 1.29 is 19.1 Å². The van der Waals surface area contributed by atoms with Crippen LogP contribution in [0.25, 0.3) is 5.70 Å². The Balaban J connectivity index is 1.79. The van der Waals surface area contributed by atoms with Gasteiger partial charge in [0.05, 0.1) is 19.9 Å². The highest BCUT2D eigenvalue weighted by Gasteiger charge is 2.47. The summed E-state index contributed by atoms with van der Waals surface area (Å²) in [6, 6.07) is 13.2. The van der Waals surface area contributed by atoms with Crippen LogP contribution in [-0.2, 0) is 4.79 Å². The molecule has 158 valence electrons. The normalized spacial score (nSPS) is 21.4. The van der Waals surface area contributed by atoms with Crippen LogP contribution >= 0.6 is 0 Å². The fourth-order valence-electron chi connectivity index (χ4n) is 5.24. The van der Waals surface area contributed by atoms with Crippen LogP contribution in [0, 0.1) is 5.41 Å². The predicted molar refractivity (Wildman–Crippen MR) is 118 cm³/mol. The molecule has 0 saturated carbocycles. The number of carbonyl (C=O) groups is 2. The van der Waals surface area contributed by atoms with Gasteiger partial charge in [-0.15, -0.1) is 0 Å². The first-order valence-corrected chi connectivity index (χ1v) is 10.5. The maximum absolute atomic E-state index is 13.6. The van der Waals surface area contributed by atoms with E-state index in [4.69, 9.17) is 9.47 Å². The minimum absolute atomic E-state index is 0.0443. The van der Waals surface area contributed by atoms with Crippen molar-refractivity contribution in [2.24, 2.45) is 5.41 Å². The molecule has 1 aliphatic heterocycles. The summed E-state index contributed by atoms with van der Waals surface area (Å²) in [4.78, 5) is 27.0. The van der Waals surface area contributed by atoms with Crippen molar-refractivity contribution in [1.82, 2.24) is 5.32 Å². The maximum atomic E-state index is 13.6. The van der Waals surface area contributed by atoms with Crippen molar-refractivity contribution in [3.63, 3.8) is 0 Å². The molecule has 2 aromatic carbocycles. The first-order chi connectivity index (χ1) is 14.9. The number of rotatable bonds is 3. The van der Waals surface area contributed by atoms with E-state index in [0.717, 1.165) is 28.9 Å². The Hall–Kier alpha value is -3.34. The summed E-state index contributed by atoms with van der Waals surface area (Å²) in [5.41, 5.74) is 5.17. The van der Waals surface area contributed by atoms with Gasteiger partial charge in [0.15, 0.2) is 23.1 Å². The average Bonchev–Trinajstić information content (AvgIpc) is 3.03. The molecule has 0 radical (unpaired) electrons. The Morgan fingerprint density at radius 3 is 2.35 bits per heavy atom. The van der Waals surface area contributed by atoms with Crippen molar-refractivity contribution in [3.8, 4) is 11.5 Å². The number of para-hydroxylation sites is 1. The molecule has 1 N–H and O–H groups in total. The van der Waals surface area contributed by atoms with Gasteiger partial charge in [-0.25, -0.2) is 0 Å². The summed E-state index contributed by atoms with van der Waals surface area (Å²) in [5, 5.41) is 3.50. The summed E-state index contributed by atoms with van der Waals surface area (Å²) in [7, 11) is 3.17. The van der Waals surface area contributed by atoms with Crippen LogP contribution in [0.1, 0.15) is 54.1 Å². The molecule has 2 aromatic rings. The zero-order valence-electron chi connectivity index (χ0n) is 18.2. The molecule has 5 nitrogen and oxygen atoms in total. The minimum Gasteiger partial charge on any atom is -0.493 e. The second-order valence-corrected chi connectivity index (χ2v) is 9.14. The second-order valence-electron chi connectivity index (χ2n) is 9.14. The summed E-state index contributed by atoms with van der Waals surface area (Å²) in [5.74, 6) is 0.659. The first-order valence-electron chi connectivity index (χ1n) is 10.5. The fraction of sp³-hybridized carbons (Fsp3) is 0.308. The molecular weight excluding hydrogens is 390 g/mol. The largest absolute Gasteiger partial charge is 0.493 e. The van der Waals surface area contributed by atoms with Crippen molar-refractivity contribution in [1.29, 1.82) is 0 Å². The molecule has 0 fully saturated rings. The average molecular weight is 415 g/mol. The molecule has 0 aromatic heterocycles. The molecule has 5 rings (SSSR count). The van der Waals surface area contributed by atoms with E-state index in [2.05, 4.69) is 19.2 Å². The topological polar surface area (TPSA) is 64.6 Å². The number of ketones is 2. The predicted octanol–water partition coefficient (Wildman–Crippen LogP) is 4.64. The molecule has 5 heteroatoms. The number of fused-ring (bicyclic) bond motifs is 2. The van der Waals surface area contributed by atoms with Gasteiger partial charge in [0.2, 0.25) is 0 Å². The third-order valence-electron chi connectivity index (χ3n) is 6.47. The quantitative estimate of drug-likeness (QED) is 0.791. The van der Waals surface area contributed by atoms with Crippen LogP contribution in [0.5, 0.6) is 11.5 Å². The highest BCUT2D eigenvalue weighted by atomic mass is 16.5. The van der Waals surface area contributed by atoms with Crippen LogP contribution in [0.15, 0.2) is 59.3 Å². The van der Waals surface area contributed by atoms with Crippen LogP contribution < -0.4 is 14.8 Å². The zero-order chi connectivity index (χ0) is 21.9. The number of ether oxygens (including phenoxy) is 2. The highest BCUT2D eigenvalue weighted by Crippen LogP contribution is 2.53. The first kappa shape index (κ1) is 19.6. The number of benzene rings is 2. The fourth-order valence-corrected chi connectivity index (χ4v) is 5.24. The second kappa shape index (κ2) is 6.84. The lowest BCUT2D eigenvalue weighted by Gasteiger charge is -2.39. The van der Waals surface area contributed by atoms with Crippen LogP contribution in [0.4, 0.5) is 0 Å². The number of carbonyl (C=O) groups excluding carboxylic acids is 2. The lowest BCUT2D eigenvalue weighted by Crippen LogP contribution is -2.37. The molecule has 0 amide bonds. The minimum atomic E-state index is -0.500. The van der Waals surface area contributed by atoms with Crippen LogP contribution in [0.3, 0.4) is 0 Å². The Bertz CT molecular complexity index is 1200. The summed E-state index contributed by atoms with van der Waals surface area (Å²) in [6.45, 7) is 4.21. The number of Topliss-reactive ketones (excluding diaryl/α,β-unsaturated/α-hetero) is 2. The van der Waals surface area contributed by atoms with E-state index in [-0.39, 0.29) is 17.0 Å². The SMILES string of the molecule is COc1cccc([C@@H]2C3=C(CC(C)(C)CC3=O)NC3=C2C(=O)c2ccccc23)c1OC. The van der Waals surface area contributed by atoms with E-state index in [1.54, 1.807) is 14.2 Å². The summed E-state index contributed by atoms with van der Waals surface area (Å²) < 4.78 is 11.2. The summed E-state index contributed by atoms with van der Waals surface area (Å²) in [6.07, 6.45) is 1.18. The van der Waals surface area contributed by atoms with E-state index in [1.165, 1.54) is 0 Å². The Labute approximate surface area is 181 Å². The van der Waals surface area contributed by atoms with Gasteiger partial charge in [-0.1, -0.05) is 50.2 Å². The number of dihydropyridines is 1. The third-order valence-corrected chi connectivity index (χ3v) is 6.47. The van der Waals surface area contributed by atoms with Gasteiger partial charge in [-0.3, -0.25) is 9.59 Å². The van der Waals surface area contributed by atoms with Crippen molar-refractivity contribution in [3.05, 3.63) is 76.0 Å². The summed E-state index contributed by atoms with van der Waals surface area (Å²) >= 11 is 0. The molecule has 0 bridgehead atoms. The highest BCUT2D eigenvalue weighted by molar-refractivity contribution is 6.23. The molecule has 1 heterocycles. The van der Waals surface area contributed by atoms with Gasteiger partial charge in [-0.2, -0.15) is 0 Å². The number of nitrogens with one attached hydrogen (secondary N) is 1. The Kier molecular flexibility index (Phi) is 4.33. The molecule has 2 aliphatic carbocycles.